The smallest absolute Gasteiger partial charge is 0.289 e. The van der Waals surface area contributed by atoms with Crippen LogP contribution in [0.25, 0.3) is 11.2 Å². The molecule has 1 amide bonds. The molecule has 0 spiro atoms. The van der Waals surface area contributed by atoms with E-state index in [0.717, 1.165) is 0 Å². The highest BCUT2D eigenvalue weighted by molar-refractivity contribution is 7.71. The van der Waals surface area contributed by atoms with Gasteiger partial charge in [0.05, 0.1) is 6.33 Å². The molecule has 23 heavy (non-hydrogen) atoms. The number of rotatable bonds is 4. The molecule has 0 saturated heterocycles. The molecule has 0 aliphatic rings. The Hall–Kier alpha value is -2.88. The lowest BCUT2D eigenvalue weighted by atomic mass is 10.3. The van der Waals surface area contributed by atoms with Crippen LogP contribution in [-0.2, 0) is 6.54 Å². The summed E-state index contributed by atoms with van der Waals surface area (Å²) in [6.07, 6.45) is 4.42. The Kier molecular flexibility index (Phi) is 3.98. The van der Waals surface area contributed by atoms with E-state index in [4.69, 9.17) is 12.2 Å². The van der Waals surface area contributed by atoms with E-state index in [1.165, 1.54) is 18.7 Å². The first-order chi connectivity index (χ1) is 11.1. The minimum absolute atomic E-state index is 0.0920. The van der Waals surface area contributed by atoms with Gasteiger partial charge < -0.3 is 10.3 Å². The number of hydrogen-bond acceptors (Lipinski definition) is 6. The first-order valence-corrected chi connectivity index (χ1v) is 7.21. The quantitative estimate of drug-likeness (QED) is 0.595. The van der Waals surface area contributed by atoms with Crippen LogP contribution >= 0.6 is 12.2 Å². The molecule has 1 unspecified atom stereocenters. The molecule has 10 heteroatoms. The minimum atomic E-state index is -0.382. The topological polar surface area (TPSA) is 121 Å². The number of aromatic nitrogens is 6. The summed E-state index contributed by atoms with van der Waals surface area (Å²) in [5, 5.41) is 2.78. The normalized spacial score (nSPS) is 12.2. The number of carbonyl (C=O) groups excluding carboxylic acids is 1. The van der Waals surface area contributed by atoms with Crippen LogP contribution in [0.5, 0.6) is 0 Å². The molecule has 3 aromatic rings. The number of amides is 1. The Labute approximate surface area is 134 Å². The summed E-state index contributed by atoms with van der Waals surface area (Å²) in [4.78, 5) is 41.1. The molecule has 0 radical (unpaired) electrons. The van der Waals surface area contributed by atoms with Crippen molar-refractivity contribution in [2.24, 2.45) is 0 Å². The van der Waals surface area contributed by atoms with Crippen molar-refractivity contribution in [2.75, 3.05) is 0 Å². The van der Waals surface area contributed by atoms with Gasteiger partial charge in [0.2, 0.25) is 5.82 Å². The molecule has 0 bridgehead atoms. The summed E-state index contributed by atoms with van der Waals surface area (Å²) in [5.41, 5.74) is 0.451. The zero-order chi connectivity index (χ0) is 16.4. The molecule has 3 N–H and O–H groups in total. The third kappa shape index (κ3) is 3.01. The third-order valence-corrected chi connectivity index (χ3v) is 3.49. The van der Waals surface area contributed by atoms with E-state index in [9.17, 15) is 9.59 Å². The van der Waals surface area contributed by atoms with Gasteiger partial charge in [0.25, 0.3) is 11.5 Å². The molecule has 3 aromatic heterocycles. The minimum Gasteiger partial charge on any atom is -0.345 e. The zero-order valence-corrected chi connectivity index (χ0v) is 12.9. The first kappa shape index (κ1) is 15.0. The Morgan fingerprint density at radius 3 is 2.87 bits per heavy atom. The molecule has 1 atom stereocenters. The molecule has 0 saturated carbocycles. The number of hydrogen-bond donors (Lipinski definition) is 3. The third-order valence-electron chi connectivity index (χ3n) is 3.17. The van der Waals surface area contributed by atoms with Crippen LogP contribution in [0.4, 0.5) is 0 Å². The average molecular weight is 331 g/mol. The Morgan fingerprint density at radius 2 is 2.13 bits per heavy atom. The fourth-order valence-electron chi connectivity index (χ4n) is 2.18. The van der Waals surface area contributed by atoms with Gasteiger partial charge in [-0.05, 0) is 25.2 Å². The number of fused-ring (bicyclic) bond motifs is 1. The van der Waals surface area contributed by atoms with Crippen LogP contribution in [-0.4, -0.2) is 41.4 Å². The van der Waals surface area contributed by atoms with Gasteiger partial charge in [-0.25, -0.2) is 15.0 Å². The molecule has 0 aromatic carbocycles. The maximum Gasteiger partial charge on any atom is 0.289 e. The predicted octanol–water partition coefficient (Wildman–Crippen LogP) is 0.391. The maximum atomic E-state index is 12.0. The van der Waals surface area contributed by atoms with Gasteiger partial charge in [0.1, 0.15) is 5.52 Å². The zero-order valence-electron chi connectivity index (χ0n) is 12.1. The van der Waals surface area contributed by atoms with Crippen LogP contribution < -0.4 is 10.9 Å². The number of nitrogens with zero attached hydrogens (tertiary/aromatic N) is 4. The van der Waals surface area contributed by atoms with E-state index in [1.807, 2.05) is 6.92 Å². The Balaban J connectivity index is 1.82. The van der Waals surface area contributed by atoms with Gasteiger partial charge in [-0.15, -0.1) is 0 Å². The van der Waals surface area contributed by atoms with Gasteiger partial charge in [-0.3, -0.25) is 19.1 Å². The summed E-state index contributed by atoms with van der Waals surface area (Å²) in [5.74, 6) is -0.290. The molecular formula is C13H13N7O2S. The molecular weight excluding hydrogens is 318 g/mol. The van der Waals surface area contributed by atoms with Gasteiger partial charge in [0, 0.05) is 25.0 Å². The average Bonchev–Trinajstić information content (AvgIpc) is 3.02. The molecule has 0 fully saturated rings. The van der Waals surface area contributed by atoms with Crippen molar-refractivity contribution >= 4 is 29.3 Å². The van der Waals surface area contributed by atoms with Crippen LogP contribution in [0.15, 0.2) is 29.6 Å². The molecule has 9 nitrogen and oxygen atoms in total. The lowest BCUT2D eigenvalue weighted by molar-refractivity contribution is 0.0926. The number of imidazole rings is 1. The molecule has 0 aliphatic carbocycles. The maximum absolute atomic E-state index is 12.0. The highest BCUT2D eigenvalue weighted by Gasteiger charge is 2.15. The Bertz CT molecular complexity index is 960. The fraction of sp³-hybridized carbons (Fsp3) is 0.231. The second-order valence-electron chi connectivity index (χ2n) is 4.92. The van der Waals surface area contributed by atoms with E-state index in [-0.39, 0.29) is 28.1 Å². The Morgan fingerprint density at radius 1 is 1.39 bits per heavy atom. The molecule has 0 aliphatic heterocycles. The predicted molar refractivity (Wildman–Crippen MR) is 84.5 cm³/mol. The summed E-state index contributed by atoms with van der Waals surface area (Å²) in [6, 6.07) is 1.36. The largest absolute Gasteiger partial charge is 0.345 e. The van der Waals surface area contributed by atoms with Crippen LogP contribution in [0.1, 0.15) is 17.5 Å². The van der Waals surface area contributed by atoms with Crippen molar-refractivity contribution in [1.82, 2.24) is 34.8 Å². The SMILES string of the molecule is CC(Cn1c(=S)[nH]c(=O)c2[nH]cnc21)NC(=O)c1ncccn1. The van der Waals surface area contributed by atoms with E-state index in [1.54, 1.807) is 10.6 Å². The highest BCUT2D eigenvalue weighted by Crippen LogP contribution is 2.05. The summed E-state index contributed by atoms with van der Waals surface area (Å²) in [7, 11) is 0. The number of H-pyrrole nitrogens is 2. The lowest BCUT2D eigenvalue weighted by Gasteiger charge is -2.15. The summed E-state index contributed by atoms with van der Waals surface area (Å²) >= 11 is 5.17. The van der Waals surface area contributed by atoms with Crippen molar-refractivity contribution < 1.29 is 4.79 Å². The van der Waals surface area contributed by atoms with Crippen LogP contribution in [0, 0.1) is 4.77 Å². The van der Waals surface area contributed by atoms with Gasteiger partial charge in [-0.2, -0.15) is 0 Å². The fourth-order valence-corrected chi connectivity index (χ4v) is 2.43. The highest BCUT2D eigenvalue weighted by atomic mass is 32.1. The van der Waals surface area contributed by atoms with Gasteiger partial charge in [-0.1, -0.05) is 0 Å². The van der Waals surface area contributed by atoms with E-state index < -0.39 is 0 Å². The number of nitrogens with one attached hydrogen (secondary N) is 3. The number of carbonyl (C=O) groups is 1. The van der Waals surface area contributed by atoms with E-state index in [2.05, 4.69) is 30.2 Å². The van der Waals surface area contributed by atoms with Crippen molar-refractivity contribution in [1.29, 1.82) is 0 Å². The summed E-state index contributed by atoms with van der Waals surface area (Å²) in [6.45, 7) is 2.15. The van der Waals surface area contributed by atoms with Crippen molar-refractivity contribution in [3.8, 4) is 0 Å². The molecule has 3 rings (SSSR count). The van der Waals surface area contributed by atoms with E-state index in [0.29, 0.717) is 17.7 Å². The second kappa shape index (κ2) is 6.08. The molecule has 118 valence electrons. The van der Waals surface area contributed by atoms with Gasteiger partial charge in [0.15, 0.2) is 10.4 Å². The van der Waals surface area contributed by atoms with Crippen molar-refractivity contribution in [3.63, 3.8) is 0 Å². The summed E-state index contributed by atoms with van der Waals surface area (Å²) < 4.78 is 1.89. The second-order valence-corrected chi connectivity index (χ2v) is 5.30. The van der Waals surface area contributed by atoms with E-state index >= 15 is 0 Å². The number of aromatic amines is 2. The lowest BCUT2D eigenvalue weighted by Crippen LogP contribution is -2.37. The first-order valence-electron chi connectivity index (χ1n) is 6.80. The van der Waals surface area contributed by atoms with Crippen molar-refractivity contribution in [2.45, 2.75) is 19.5 Å². The van der Waals surface area contributed by atoms with Crippen LogP contribution in [0.2, 0.25) is 0 Å². The van der Waals surface area contributed by atoms with Crippen LogP contribution in [0.3, 0.4) is 0 Å². The monoisotopic (exact) mass is 331 g/mol. The van der Waals surface area contributed by atoms with Crippen molar-refractivity contribution in [3.05, 3.63) is 45.7 Å². The van der Waals surface area contributed by atoms with Gasteiger partial charge >= 0.3 is 0 Å². The molecule has 3 heterocycles. The standard InChI is InChI=1S/C13H13N7O2S/c1-7(18-12(22)9-14-3-2-4-15-9)5-20-10-8(16-6-17-10)11(21)19-13(20)23/h2-4,6-7H,5H2,1H3,(H,16,17)(H,18,22)(H,19,21,23).